The Morgan fingerprint density at radius 3 is 2.68 bits per heavy atom. The van der Waals surface area contributed by atoms with E-state index in [0.29, 0.717) is 13.2 Å². The molecule has 7 heteroatoms. The number of hydrogen-bond donors (Lipinski definition) is 1. The number of nitrogens with zero attached hydrogens (tertiary/aromatic N) is 3. The van der Waals surface area contributed by atoms with Crippen molar-refractivity contribution in [3.8, 4) is 0 Å². The van der Waals surface area contributed by atoms with Crippen molar-refractivity contribution in [2.24, 2.45) is 11.8 Å². The molecule has 1 aromatic heterocycles. The third-order valence-electron chi connectivity index (χ3n) is 5.87. The average Bonchev–Trinajstić information content (AvgIpc) is 3.18. The van der Waals surface area contributed by atoms with Crippen LogP contribution in [-0.2, 0) is 14.3 Å². The number of anilines is 1. The van der Waals surface area contributed by atoms with Gasteiger partial charge in [0.15, 0.2) is 0 Å². The third kappa shape index (κ3) is 3.84. The number of aromatic amines is 1. The fourth-order valence-corrected chi connectivity index (χ4v) is 4.32. The quantitative estimate of drug-likeness (QED) is 0.820. The molecule has 1 unspecified atom stereocenters. The van der Waals surface area contributed by atoms with Gasteiger partial charge in [-0.15, -0.1) is 0 Å². The summed E-state index contributed by atoms with van der Waals surface area (Å²) in [7, 11) is 0. The summed E-state index contributed by atoms with van der Waals surface area (Å²) in [6.07, 6.45) is 3.31. The Morgan fingerprint density at radius 2 is 1.93 bits per heavy atom. The predicted molar refractivity (Wildman–Crippen MR) is 107 cm³/mol. The molecule has 7 nitrogen and oxygen atoms in total. The summed E-state index contributed by atoms with van der Waals surface area (Å²) in [4.78, 5) is 37.2. The van der Waals surface area contributed by atoms with Gasteiger partial charge in [0.1, 0.15) is 0 Å². The van der Waals surface area contributed by atoms with Gasteiger partial charge in [0, 0.05) is 32.1 Å². The molecule has 0 radical (unpaired) electrons. The summed E-state index contributed by atoms with van der Waals surface area (Å²) in [5.74, 6) is 0.764. The standard InChI is InChI=1S/C21H28N4O3/c1-2-28-20(27)16-6-5-11-25(14-16)19(26)15-9-12-24(13-10-15)21-22-17-7-3-4-8-18(17)23-21/h3-4,7-8,15-16H,2,5-6,9-14H2,1H3,(H,22,23). The number of nitrogens with one attached hydrogen (secondary N) is 1. The van der Waals surface area contributed by atoms with E-state index >= 15 is 0 Å². The summed E-state index contributed by atoms with van der Waals surface area (Å²) in [5.41, 5.74) is 2.00. The van der Waals surface area contributed by atoms with Gasteiger partial charge in [0.2, 0.25) is 11.9 Å². The smallest absolute Gasteiger partial charge is 0.310 e. The molecule has 1 N–H and O–H groups in total. The highest BCUT2D eigenvalue weighted by molar-refractivity contribution is 5.81. The lowest BCUT2D eigenvalue weighted by molar-refractivity contribution is -0.152. The summed E-state index contributed by atoms with van der Waals surface area (Å²) < 4.78 is 5.15. The van der Waals surface area contributed by atoms with Crippen LogP contribution < -0.4 is 4.90 Å². The highest BCUT2D eigenvalue weighted by Crippen LogP contribution is 2.27. The maximum absolute atomic E-state index is 13.0. The van der Waals surface area contributed by atoms with Crippen molar-refractivity contribution in [3.05, 3.63) is 24.3 Å². The lowest BCUT2D eigenvalue weighted by Gasteiger charge is -2.37. The van der Waals surface area contributed by atoms with E-state index < -0.39 is 0 Å². The van der Waals surface area contributed by atoms with E-state index in [1.165, 1.54) is 0 Å². The van der Waals surface area contributed by atoms with Crippen molar-refractivity contribution in [3.63, 3.8) is 0 Å². The molecule has 0 saturated carbocycles. The number of para-hydroxylation sites is 2. The van der Waals surface area contributed by atoms with Crippen LogP contribution in [0, 0.1) is 11.8 Å². The Balaban J connectivity index is 1.34. The molecule has 28 heavy (non-hydrogen) atoms. The number of esters is 1. The van der Waals surface area contributed by atoms with Gasteiger partial charge in [-0.25, -0.2) is 4.98 Å². The number of aromatic nitrogens is 2. The normalized spacial score (nSPS) is 21.1. The zero-order valence-corrected chi connectivity index (χ0v) is 16.4. The lowest BCUT2D eigenvalue weighted by Crippen LogP contribution is -2.47. The molecule has 1 atom stereocenters. The molecule has 2 saturated heterocycles. The molecule has 4 rings (SSSR count). The Hall–Kier alpha value is -2.57. The minimum Gasteiger partial charge on any atom is -0.466 e. The highest BCUT2D eigenvalue weighted by atomic mass is 16.5. The molecule has 3 heterocycles. The van der Waals surface area contributed by atoms with Gasteiger partial charge in [0.25, 0.3) is 0 Å². The van der Waals surface area contributed by atoms with Crippen molar-refractivity contribution >= 4 is 28.9 Å². The van der Waals surface area contributed by atoms with Gasteiger partial charge in [-0.1, -0.05) is 12.1 Å². The van der Waals surface area contributed by atoms with Crippen molar-refractivity contribution in [2.45, 2.75) is 32.6 Å². The van der Waals surface area contributed by atoms with E-state index in [0.717, 1.165) is 62.3 Å². The zero-order valence-electron chi connectivity index (χ0n) is 16.4. The summed E-state index contributed by atoms with van der Waals surface area (Å²) in [6.45, 7) is 5.08. The van der Waals surface area contributed by atoms with Crippen LogP contribution in [0.2, 0.25) is 0 Å². The van der Waals surface area contributed by atoms with Crippen LogP contribution in [0.4, 0.5) is 5.95 Å². The molecule has 2 fully saturated rings. The van der Waals surface area contributed by atoms with Crippen molar-refractivity contribution in [1.82, 2.24) is 14.9 Å². The molecule has 1 aromatic carbocycles. The predicted octanol–water partition coefficient (Wildman–Crippen LogP) is 2.58. The van der Waals surface area contributed by atoms with E-state index in [2.05, 4.69) is 14.9 Å². The monoisotopic (exact) mass is 384 g/mol. The molecule has 0 spiro atoms. The third-order valence-corrected chi connectivity index (χ3v) is 5.87. The lowest BCUT2D eigenvalue weighted by atomic mass is 9.92. The number of rotatable bonds is 4. The summed E-state index contributed by atoms with van der Waals surface area (Å²) >= 11 is 0. The van der Waals surface area contributed by atoms with E-state index in [9.17, 15) is 9.59 Å². The van der Waals surface area contributed by atoms with Gasteiger partial charge in [-0.3, -0.25) is 9.59 Å². The number of imidazole rings is 1. The Kier molecular flexibility index (Phi) is 5.50. The molecule has 1 amide bonds. The first kappa shape index (κ1) is 18.8. The molecular formula is C21H28N4O3. The van der Waals surface area contributed by atoms with Gasteiger partial charge < -0.3 is 19.5 Å². The summed E-state index contributed by atoms with van der Waals surface area (Å²) in [5, 5.41) is 0. The van der Waals surface area contributed by atoms with Crippen LogP contribution in [0.15, 0.2) is 24.3 Å². The molecule has 150 valence electrons. The minimum absolute atomic E-state index is 0.0292. The number of hydrogen-bond acceptors (Lipinski definition) is 5. The van der Waals surface area contributed by atoms with E-state index in [-0.39, 0.29) is 23.7 Å². The maximum atomic E-state index is 13.0. The second kappa shape index (κ2) is 8.20. The first-order valence-corrected chi connectivity index (χ1v) is 10.3. The van der Waals surface area contributed by atoms with Gasteiger partial charge in [-0.05, 0) is 44.7 Å². The van der Waals surface area contributed by atoms with Crippen molar-refractivity contribution < 1.29 is 14.3 Å². The van der Waals surface area contributed by atoms with Gasteiger partial charge in [0.05, 0.1) is 23.6 Å². The first-order chi connectivity index (χ1) is 13.7. The first-order valence-electron chi connectivity index (χ1n) is 10.3. The van der Waals surface area contributed by atoms with E-state index in [1.807, 2.05) is 36.1 Å². The number of likely N-dealkylation sites (tertiary alicyclic amines) is 1. The molecule has 2 aliphatic heterocycles. The minimum atomic E-state index is -0.173. The maximum Gasteiger partial charge on any atom is 0.310 e. The average molecular weight is 384 g/mol. The summed E-state index contributed by atoms with van der Waals surface area (Å²) in [6, 6.07) is 8.01. The molecule has 0 aliphatic carbocycles. The fourth-order valence-electron chi connectivity index (χ4n) is 4.32. The number of carbonyl (C=O) groups is 2. The number of fused-ring (bicyclic) bond motifs is 1. The van der Waals surface area contributed by atoms with Gasteiger partial charge >= 0.3 is 5.97 Å². The number of carbonyl (C=O) groups excluding carboxylic acids is 2. The Morgan fingerprint density at radius 1 is 1.14 bits per heavy atom. The van der Waals surface area contributed by atoms with Crippen molar-refractivity contribution in [1.29, 1.82) is 0 Å². The van der Waals surface area contributed by atoms with Crippen LogP contribution in [-0.4, -0.2) is 59.5 Å². The molecule has 2 aromatic rings. The Bertz CT molecular complexity index is 808. The highest BCUT2D eigenvalue weighted by Gasteiger charge is 2.34. The molecular weight excluding hydrogens is 356 g/mol. The van der Waals surface area contributed by atoms with Crippen LogP contribution >= 0.6 is 0 Å². The number of H-pyrrole nitrogens is 1. The van der Waals surface area contributed by atoms with E-state index in [4.69, 9.17) is 4.74 Å². The number of amides is 1. The second-order valence-electron chi connectivity index (χ2n) is 7.71. The Labute approximate surface area is 165 Å². The van der Waals surface area contributed by atoms with Crippen LogP contribution in [0.5, 0.6) is 0 Å². The topological polar surface area (TPSA) is 78.5 Å². The van der Waals surface area contributed by atoms with E-state index in [1.54, 1.807) is 0 Å². The van der Waals surface area contributed by atoms with Crippen LogP contribution in [0.25, 0.3) is 11.0 Å². The van der Waals surface area contributed by atoms with Crippen LogP contribution in [0.1, 0.15) is 32.6 Å². The second-order valence-corrected chi connectivity index (χ2v) is 7.71. The SMILES string of the molecule is CCOC(=O)C1CCCN(C(=O)C2CCN(c3nc4ccccc4[nH]3)CC2)C1. The van der Waals surface area contributed by atoms with Gasteiger partial charge in [-0.2, -0.15) is 0 Å². The molecule has 2 aliphatic rings. The fraction of sp³-hybridized carbons (Fsp3) is 0.571. The van der Waals surface area contributed by atoms with Crippen molar-refractivity contribution in [2.75, 3.05) is 37.7 Å². The number of benzene rings is 1. The van der Waals surface area contributed by atoms with Crippen LogP contribution in [0.3, 0.4) is 0 Å². The molecule has 0 bridgehead atoms. The number of ether oxygens (including phenoxy) is 1. The zero-order chi connectivity index (χ0) is 19.5. The largest absolute Gasteiger partial charge is 0.466 e. The number of piperidine rings is 2.